The molecule has 24 heavy (non-hydrogen) atoms. The van der Waals surface area contributed by atoms with E-state index in [1.165, 1.54) is 6.07 Å². The monoisotopic (exact) mass is 329 g/mol. The Bertz CT molecular complexity index is 765. The fourth-order valence-corrected chi connectivity index (χ4v) is 2.69. The van der Waals surface area contributed by atoms with Crippen molar-refractivity contribution in [3.05, 3.63) is 52.3 Å². The third-order valence-electron chi connectivity index (χ3n) is 4.26. The summed E-state index contributed by atoms with van der Waals surface area (Å²) in [5.41, 5.74) is 4.11. The number of benzene rings is 1. The van der Waals surface area contributed by atoms with E-state index in [2.05, 4.69) is 10.4 Å². The Morgan fingerprint density at radius 3 is 2.62 bits per heavy atom. The first-order valence-electron chi connectivity index (χ1n) is 7.88. The van der Waals surface area contributed by atoms with Crippen molar-refractivity contribution in [3.63, 3.8) is 0 Å². The van der Waals surface area contributed by atoms with Crippen LogP contribution in [0.4, 0.5) is 0 Å². The van der Waals surface area contributed by atoms with E-state index in [9.17, 15) is 9.59 Å². The standard InChI is InChI=1S/C18H23N3O3/c1-11(8-16-12(2)20-21(4)13(16)3)17(22)19-10-14-6-5-7-15(9-14)18(23)24/h5-7,9,11H,8,10H2,1-4H3,(H,19,22)(H,23,24). The molecule has 0 bridgehead atoms. The summed E-state index contributed by atoms with van der Waals surface area (Å²) in [6.07, 6.45) is 0.631. The van der Waals surface area contributed by atoms with Gasteiger partial charge in [-0.05, 0) is 43.5 Å². The largest absolute Gasteiger partial charge is 0.478 e. The number of nitrogens with zero attached hydrogens (tertiary/aromatic N) is 2. The van der Waals surface area contributed by atoms with Crippen molar-refractivity contribution >= 4 is 11.9 Å². The normalized spacial score (nSPS) is 12.0. The topological polar surface area (TPSA) is 84.2 Å². The van der Waals surface area contributed by atoms with Gasteiger partial charge in [-0.1, -0.05) is 19.1 Å². The highest BCUT2D eigenvalue weighted by Crippen LogP contribution is 2.17. The lowest BCUT2D eigenvalue weighted by Crippen LogP contribution is -2.30. The van der Waals surface area contributed by atoms with E-state index in [0.717, 1.165) is 22.5 Å². The first kappa shape index (κ1) is 17.7. The predicted molar refractivity (Wildman–Crippen MR) is 90.8 cm³/mol. The van der Waals surface area contributed by atoms with Crippen molar-refractivity contribution in [2.24, 2.45) is 13.0 Å². The van der Waals surface area contributed by atoms with Gasteiger partial charge in [-0.15, -0.1) is 0 Å². The van der Waals surface area contributed by atoms with Crippen molar-refractivity contribution in [2.75, 3.05) is 0 Å². The van der Waals surface area contributed by atoms with E-state index in [0.29, 0.717) is 13.0 Å². The second-order valence-corrected chi connectivity index (χ2v) is 6.10. The number of aromatic carboxylic acids is 1. The minimum atomic E-state index is -0.973. The summed E-state index contributed by atoms with van der Waals surface area (Å²) in [5.74, 6) is -1.22. The summed E-state index contributed by atoms with van der Waals surface area (Å²) < 4.78 is 1.83. The van der Waals surface area contributed by atoms with Gasteiger partial charge in [0.25, 0.3) is 0 Å². The summed E-state index contributed by atoms with van der Waals surface area (Å²) in [7, 11) is 1.89. The Hall–Kier alpha value is -2.63. The van der Waals surface area contributed by atoms with Gasteiger partial charge in [0.1, 0.15) is 0 Å². The second kappa shape index (κ2) is 7.29. The molecular formula is C18H23N3O3. The van der Waals surface area contributed by atoms with Gasteiger partial charge in [0.05, 0.1) is 11.3 Å². The Morgan fingerprint density at radius 2 is 2.04 bits per heavy atom. The average molecular weight is 329 g/mol. The SMILES string of the molecule is Cc1nn(C)c(C)c1CC(C)C(=O)NCc1cccc(C(=O)O)c1. The second-order valence-electron chi connectivity index (χ2n) is 6.10. The quantitative estimate of drug-likeness (QED) is 0.851. The third-order valence-corrected chi connectivity index (χ3v) is 4.26. The lowest BCUT2D eigenvalue weighted by atomic mass is 9.98. The highest BCUT2D eigenvalue weighted by molar-refractivity contribution is 5.87. The summed E-state index contributed by atoms with van der Waals surface area (Å²) in [6.45, 7) is 6.14. The number of hydrogen-bond acceptors (Lipinski definition) is 3. The van der Waals surface area contributed by atoms with E-state index in [-0.39, 0.29) is 17.4 Å². The summed E-state index contributed by atoms with van der Waals surface area (Å²) >= 11 is 0. The van der Waals surface area contributed by atoms with Crippen molar-refractivity contribution in [1.82, 2.24) is 15.1 Å². The number of carboxylic acids is 1. The Balaban J connectivity index is 1.97. The fourth-order valence-electron chi connectivity index (χ4n) is 2.69. The number of amides is 1. The maximum Gasteiger partial charge on any atom is 0.335 e. The highest BCUT2D eigenvalue weighted by Gasteiger charge is 2.18. The van der Waals surface area contributed by atoms with Crippen molar-refractivity contribution in [1.29, 1.82) is 0 Å². The molecule has 0 aliphatic carbocycles. The molecule has 0 aliphatic rings. The van der Waals surface area contributed by atoms with Gasteiger partial charge in [0.15, 0.2) is 0 Å². The number of aryl methyl sites for hydroxylation is 2. The van der Waals surface area contributed by atoms with Crippen LogP contribution in [-0.2, 0) is 24.8 Å². The van der Waals surface area contributed by atoms with Crippen LogP contribution in [0.3, 0.4) is 0 Å². The highest BCUT2D eigenvalue weighted by atomic mass is 16.4. The molecule has 1 aromatic heterocycles. The minimum Gasteiger partial charge on any atom is -0.478 e. The molecule has 6 nitrogen and oxygen atoms in total. The van der Waals surface area contributed by atoms with Gasteiger partial charge in [0, 0.05) is 25.2 Å². The Morgan fingerprint density at radius 1 is 1.33 bits per heavy atom. The van der Waals surface area contributed by atoms with Crippen molar-refractivity contribution < 1.29 is 14.7 Å². The Kier molecular flexibility index (Phi) is 5.39. The van der Waals surface area contributed by atoms with Gasteiger partial charge >= 0.3 is 5.97 Å². The van der Waals surface area contributed by atoms with Gasteiger partial charge < -0.3 is 10.4 Å². The van der Waals surface area contributed by atoms with Crippen molar-refractivity contribution in [2.45, 2.75) is 33.7 Å². The number of nitrogens with one attached hydrogen (secondary N) is 1. The van der Waals surface area contributed by atoms with Gasteiger partial charge in [-0.2, -0.15) is 5.10 Å². The molecule has 0 radical (unpaired) electrons. The zero-order valence-corrected chi connectivity index (χ0v) is 14.5. The molecule has 2 rings (SSSR count). The molecule has 6 heteroatoms. The van der Waals surface area contributed by atoms with E-state index >= 15 is 0 Å². The number of carboxylic acid groups (broad SMARTS) is 1. The van der Waals surface area contributed by atoms with E-state index < -0.39 is 5.97 Å². The summed E-state index contributed by atoms with van der Waals surface area (Å²) in [5, 5.41) is 16.2. The number of aromatic nitrogens is 2. The van der Waals surface area contributed by atoms with Crippen LogP contribution in [0.15, 0.2) is 24.3 Å². The molecule has 0 fully saturated rings. The molecule has 128 valence electrons. The smallest absolute Gasteiger partial charge is 0.335 e. The van der Waals surface area contributed by atoms with Crippen molar-refractivity contribution in [3.8, 4) is 0 Å². The molecule has 1 heterocycles. The summed E-state index contributed by atoms with van der Waals surface area (Å²) in [4.78, 5) is 23.3. The molecule has 1 aromatic carbocycles. The lowest BCUT2D eigenvalue weighted by molar-refractivity contribution is -0.124. The van der Waals surface area contributed by atoms with E-state index in [1.807, 2.05) is 32.5 Å². The van der Waals surface area contributed by atoms with Gasteiger partial charge in [-0.3, -0.25) is 9.48 Å². The number of carbonyl (C=O) groups is 2. The maximum atomic E-state index is 12.3. The number of carbonyl (C=O) groups excluding carboxylic acids is 1. The molecule has 2 aromatic rings. The van der Waals surface area contributed by atoms with Crippen LogP contribution in [0.25, 0.3) is 0 Å². The average Bonchev–Trinajstić information content (AvgIpc) is 2.79. The fraction of sp³-hybridized carbons (Fsp3) is 0.389. The minimum absolute atomic E-state index is 0.0571. The molecule has 2 N–H and O–H groups in total. The van der Waals surface area contributed by atoms with Gasteiger partial charge in [0.2, 0.25) is 5.91 Å². The molecule has 1 atom stereocenters. The van der Waals surface area contributed by atoms with E-state index in [1.54, 1.807) is 18.2 Å². The zero-order valence-electron chi connectivity index (χ0n) is 14.5. The van der Waals surface area contributed by atoms with Crippen LogP contribution in [-0.4, -0.2) is 26.8 Å². The maximum absolute atomic E-state index is 12.3. The number of rotatable bonds is 6. The molecule has 0 aliphatic heterocycles. The van der Waals surface area contributed by atoms with Crippen LogP contribution in [0, 0.1) is 19.8 Å². The molecule has 1 unspecified atom stereocenters. The third kappa shape index (κ3) is 4.01. The van der Waals surface area contributed by atoms with Crippen LogP contribution in [0.5, 0.6) is 0 Å². The molecule has 1 amide bonds. The van der Waals surface area contributed by atoms with Gasteiger partial charge in [-0.25, -0.2) is 4.79 Å². The van der Waals surface area contributed by atoms with Crippen LogP contribution < -0.4 is 5.32 Å². The van der Waals surface area contributed by atoms with Crippen LogP contribution >= 0.6 is 0 Å². The van der Waals surface area contributed by atoms with Crippen LogP contribution in [0.1, 0.15) is 39.8 Å². The van der Waals surface area contributed by atoms with Crippen LogP contribution in [0.2, 0.25) is 0 Å². The zero-order chi connectivity index (χ0) is 17.9. The number of hydrogen-bond donors (Lipinski definition) is 2. The molecule has 0 spiro atoms. The molecule has 0 saturated carbocycles. The molecular weight excluding hydrogens is 306 g/mol. The van der Waals surface area contributed by atoms with E-state index in [4.69, 9.17) is 5.11 Å². The molecule has 0 saturated heterocycles. The summed E-state index contributed by atoms with van der Waals surface area (Å²) in [6, 6.07) is 6.58. The Labute approximate surface area is 141 Å². The predicted octanol–water partition coefficient (Wildman–Crippen LogP) is 2.23. The lowest BCUT2D eigenvalue weighted by Gasteiger charge is -2.13. The first-order valence-corrected chi connectivity index (χ1v) is 7.88. The first-order chi connectivity index (χ1) is 11.3.